The molecular weight excluding hydrogens is 350 g/mol. The summed E-state index contributed by atoms with van der Waals surface area (Å²) in [6.07, 6.45) is 1.85. The van der Waals surface area contributed by atoms with Crippen LogP contribution in [0, 0.1) is 0 Å². The monoisotopic (exact) mass is 365 g/mol. The Balaban J connectivity index is 1.58. The average molecular weight is 366 g/mol. The highest BCUT2D eigenvalue weighted by atomic mass is 79.9. The van der Waals surface area contributed by atoms with Crippen molar-refractivity contribution in [1.82, 2.24) is 0 Å². The maximum absolute atomic E-state index is 5.79. The van der Waals surface area contributed by atoms with Gasteiger partial charge in [-0.1, -0.05) is 46.3 Å². The first-order chi connectivity index (χ1) is 11.3. The van der Waals surface area contributed by atoms with E-state index in [1.54, 1.807) is 0 Å². The summed E-state index contributed by atoms with van der Waals surface area (Å²) in [4.78, 5) is 4.44. The molecule has 0 heterocycles. The van der Waals surface area contributed by atoms with Gasteiger partial charge in [0.2, 0.25) is 0 Å². The minimum absolute atomic E-state index is 0.560. The van der Waals surface area contributed by atoms with Crippen molar-refractivity contribution >= 4 is 27.8 Å². The zero-order valence-electron chi connectivity index (χ0n) is 12.5. The fourth-order valence-corrected chi connectivity index (χ4v) is 2.32. The lowest BCUT2D eigenvalue weighted by molar-refractivity contribution is 0.306. The van der Waals surface area contributed by atoms with Gasteiger partial charge < -0.3 is 4.74 Å². The standard InChI is InChI=1S/C20H16BrNO/c21-18-10-6-17(7-11-18)15-23-20-12-8-16(9-13-20)14-22-19-4-2-1-3-5-19/h1-14H,15H2. The molecule has 0 radical (unpaired) electrons. The third kappa shape index (κ3) is 4.80. The molecule has 0 aliphatic carbocycles. The molecule has 0 unspecified atom stereocenters. The van der Waals surface area contributed by atoms with Crippen LogP contribution in [0.2, 0.25) is 0 Å². The molecule has 0 spiro atoms. The Morgan fingerprint density at radius 3 is 2.22 bits per heavy atom. The molecule has 0 bridgehead atoms. The summed E-state index contributed by atoms with van der Waals surface area (Å²) in [5, 5.41) is 0. The summed E-state index contributed by atoms with van der Waals surface area (Å²) in [5.74, 6) is 0.852. The van der Waals surface area contributed by atoms with Crippen molar-refractivity contribution in [3.8, 4) is 5.75 Å². The maximum atomic E-state index is 5.79. The van der Waals surface area contributed by atoms with Crippen molar-refractivity contribution in [2.24, 2.45) is 4.99 Å². The number of benzene rings is 3. The van der Waals surface area contributed by atoms with Crippen molar-refractivity contribution < 1.29 is 4.74 Å². The van der Waals surface area contributed by atoms with E-state index in [-0.39, 0.29) is 0 Å². The maximum Gasteiger partial charge on any atom is 0.119 e. The lowest BCUT2D eigenvalue weighted by atomic mass is 10.2. The van der Waals surface area contributed by atoms with Gasteiger partial charge in [-0.15, -0.1) is 0 Å². The summed E-state index contributed by atoms with van der Waals surface area (Å²) < 4.78 is 6.86. The highest BCUT2D eigenvalue weighted by Gasteiger charge is 1.97. The number of para-hydroxylation sites is 1. The van der Waals surface area contributed by atoms with Crippen LogP contribution in [0.4, 0.5) is 5.69 Å². The Kier molecular flexibility index (Phi) is 5.22. The Labute approximate surface area is 144 Å². The predicted octanol–water partition coefficient (Wildman–Crippen LogP) is 5.78. The van der Waals surface area contributed by atoms with Gasteiger partial charge in [-0.2, -0.15) is 0 Å². The second kappa shape index (κ2) is 7.75. The molecule has 3 rings (SSSR count). The minimum Gasteiger partial charge on any atom is -0.489 e. The van der Waals surface area contributed by atoms with E-state index < -0.39 is 0 Å². The highest BCUT2D eigenvalue weighted by molar-refractivity contribution is 9.10. The van der Waals surface area contributed by atoms with Crippen molar-refractivity contribution in [3.63, 3.8) is 0 Å². The number of ether oxygens (including phenoxy) is 1. The topological polar surface area (TPSA) is 21.6 Å². The normalized spacial score (nSPS) is 10.8. The Hall–Kier alpha value is -2.39. The van der Waals surface area contributed by atoms with Crippen LogP contribution in [-0.4, -0.2) is 6.21 Å². The smallest absolute Gasteiger partial charge is 0.119 e. The second-order valence-corrected chi connectivity index (χ2v) is 5.99. The van der Waals surface area contributed by atoms with Crippen LogP contribution in [0.3, 0.4) is 0 Å². The number of aliphatic imine (C=N–C) groups is 1. The summed E-state index contributed by atoms with van der Waals surface area (Å²) in [6.45, 7) is 0.560. The van der Waals surface area contributed by atoms with Gasteiger partial charge in [0.25, 0.3) is 0 Å². The molecule has 3 aromatic carbocycles. The zero-order valence-corrected chi connectivity index (χ0v) is 14.1. The lowest BCUT2D eigenvalue weighted by Gasteiger charge is -2.06. The molecule has 0 amide bonds. The molecular formula is C20H16BrNO. The van der Waals surface area contributed by atoms with E-state index in [1.165, 1.54) is 0 Å². The van der Waals surface area contributed by atoms with Gasteiger partial charge in [0, 0.05) is 10.7 Å². The molecule has 0 atom stereocenters. The van der Waals surface area contributed by atoms with Crippen molar-refractivity contribution in [1.29, 1.82) is 0 Å². The molecule has 0 N–H and O–H groups in total. The molecule has 2 nitrogen and oxygen atoms in total. The number of rotatable bonds is 5. The Morgan fingerprint density at radius 2 is 1.52 bits per heavy atom. The van der Waals surface area contributed by atoms with Gasteiger partial charge in [-0.3, -0.25) is 4.99 Å². The molecule has 0 aliphatic heterocycles. The predicted molar refractivity (Wildman–Crippen MR) is 98.6 cm³/mol. The minimum atomic E-state index is 0.560. The lowest BCUT2D eigenvalue weighted by Crippen LogP contribution is -1.95. The summed E-state index contributed by atoms with van der Waals surface area (Å²) >= 11 is 3.43. The molecule has 23 heavy (non-hydrogen) atoms. The summed E-state index contributed by atoms with van der Waals surface area (Å²) in [6, 6.07) is 26.0. The summed E-state index contributed by atoms with van der Waals surface area (Å²) in [7, 11) is 0. The Morgan fingerprint density at radius 1 is 0.826 bits per heavy atom. The number of nitrogens with zero attached hydrogens (tertiary/aromatic N) is 1. The van der Waals surface area contributed by atoms with E-state index in [1.807, 2.05) is 85.1 Å². The van der Waals surface area contributed by atoms with Crippen LogP contribution in [0.15, 0.2) is 88.3 Å². The number of halogens is 1. The highest BCUT2D eigenvalue weighted by Crippen LogP contribution is 2.16. The average Bonchev–Trinajstić information content (AvgIpc) is 2.61. The van der Waals surface area contributed by atoms with E-state index >= 15 is 0 Å². The zero-order chi connectivity index (χ0) is 15.9. The van der Waals surface area contributed by atoms with Gasteiger partial charge in [-0.05, 0) is 59.7 Å². The SMILES string of the molecule is Brc1ccc(COc2ccc(C=Nc3ccccc3)cc2)cc1. The van der Waals surface area contributed by atoms with Crippen LogP contribution in [-0.2, 0) is 6.61 Å². The molecule has 0 aliphatic rings. The van der Waals surface area contributed by atoms with Crippen LogP contribution in [0.25, 0.3) is 0 Å². The molecule has 0 aromatic heterocycles. The van der Waals surface area contributed by atoms with E-state index in [0.29, 0.717) is 6.61 Å². The van der Waals surface area contributed by atoms with Gasteiger partial charge >= 0.3 is 0 Å². The van der Waals surface area contributed by atoms with E-state index in [9.17, 15) is 0 Å². The van der Waals surface area contributed by atoms with Crippen LogP contribution < -0.4 is 4.74 Å². The van der Waals surface area contributed by atoms with Crippen LogP contribution >= 0.6 is 15.9 Å². The van der Waals surface area contributed by atoms with E-state index in [2.05, 4.69) is 20.9 Å². The van der Waals surface area contributed by atoms with Gasteiger partial charge in [0.15, 0.2) is 0 Å². The van der Waals surface area contributed by atoms with Crippen LogP contribution in [0.5, 0.6) is 5.75 Å². The fraction of sp³-hybridized carbons (Fsp3) is 0.0500. The fourth-order valence-electron chi connectivity index (χ4n) is 2.06. The van der Waals surface area contributed by atoms with Gasteiger partial charge in [0.05, 0.1) is 5.69 Å². The molecule has 0 saturated heterocycles. The molecule has 3 aromatic rings. The molecule has 114 valence electrons. The first-order valence-electron chi connectivity index (χ1n) is 7.36. The molecule has 0 saturated carbocycles. The number of hydrogen-bond acceptors (Lipinski definition) is 2. The summed E-state index contributed by atoms with van der Waals surface area (Å²) in [5.41, 5.74) is 3.14. The third-order valence-electron chi connectivity index (χ3n) is 3.32. The van der Waals surface area contributed by atoms with Crippen molar-refractivity contribution in [3.05, 3.63) is 94.5 Å². The van der Waals surface area contributed by atoms with Crippen molar-refractivity contribution in [2.45, 2.75) is 6.61 Å². The Bertz CT molecular complexity index is 765. The molecule has 3 heteroatoms. The van der Waals surface area contributed by atoms with E-state index in [4.69, 9.17) is 4.74 Å². The first kappa shape index (κ1) is 15.5. The van der Waals surface area contributed by atoms with Crippen molar-refractivity contribution in [2.75, 3.05) is 0 Å². The second-order valence-electron chi connectivity index (χ2n) is 5.08. The quantitative estimate of drug-likeness (QED) is 0.525. The van der Waals surface area contributed by atoms with E-state index in [0.717, 1.165) is 27.0 Å². The van der Waals surface area contributed by atoms with Gasteiger partial charge in [0.1, 0.15) is 12.4 Å². The van der Waals surface area contributed by atoms with Crippen LogP contribution in [0.1, 0.15) is 11.1 Å². The molecule has 0 fully saturated rings. The number of hydrogen-bond donors (Lipinski definition) is 0. The first-order valence-corrected chi connectivity index (χ1v) is 8.15. The largest absolute Gasteiger partial charge is 0.489 e. The van der Waals surface area contributed by atoms with Gasteiger partial charge in [-0.25, -0.2) is 0 Å². The third-order valence-corrected chi connectivity index (χ3v) is 3.85.